The third kappa shape index (κ3) is 2.98. The molecule has 0 fully saturated rings. The number of para-hydroxylation sites is 1. The lowest BCUT2D eigenvalue weighted by Gasteiger charge is -2.12. The maximum atomic E-state index is 12.7. The molecular formula is C18H15ClN2O2. The monoisotopic (exact) mass is 326 g/mol. The van der Waals surface area contributed by atoms with Gasteiger partial charge in [0, 0.05) is 10.6 Å². The molecule has 116 valence electrons. The van der Waals surface area contributed by atoms with Crippen molar-refractivity contribution in [3.05, 3.63) is 64.7 Å². The minimum Gasteiger partial charge on any atom is -0.496 e. The molecule has 1 amide bonds. The minimum absolute atomic E-state index is 0.185. The van der Waals surface area contributed by atoms with Crippen molar-refractivity contribution in [1.29, 1.82) is 0 Å². The molecule has 0 atom stereocenters. The lowest BCUT2D eigenvalue weighted by Crippen LogP contribution is -2.21. The fourth-order valence-electron chi connectivity index (χ4n) is 2.41. The Kier molecular flexibility index (Phi) is 4.17. The summed E-state index contributed by atoms with van der Waals surface area (Å²) in [5, 5.41) is 6.27. The van der Waals surface area contributed by atoms with E-state index >= 15 is 0 Å². The fraction of sp³-hybridized carbons (Fsp3) is 0.111. The number of hydrogen-bond donors (Lipinski definition) is 0. The van der Waals surface area contributed by atoms with Crippen molar-refractivity contribution < 1.29 is 9.53 Å². The summed E-state index contributed by atoms with van der Waals surface area (Å²) in [6.07, 6.45) is 1.80. The van der Waals surface area contributed by atoms with Gasteiger partial charge in [0.1, 0.15) is 5.75 Å². The van der Waals surface area contributed by atoms with Gasteiger partial charge >= 0.3 is 0 Å². The zero-order chi connectivity index (χ0) is 16.4. The molecule has 0 aromatic heterocycles. The van der Waals surface area contributed by atoms with E-state index in [1.807, 2.05) is 31.2 Å². The third-order valence-corrected chi connectivity index (χ3v) is 3.79. The average molecular weight is 327 g/mol. The summed E-state index contributed by atoms with van der Waals surface area (Å²) >= 11 is 6.00. The number of nitrogens with zero attached hydrogens (tertiary/aromatic N) is 2. The van der Waals surface area contributed by atoms with Crippen LogP contribution in [0.4, 0.5) is 5.69 Å². The number of ether oxygens (including phenoxy) is 1. The van der Waals surface area contributed by atoms with Crippen molar-refractivity contribution in [2.45, 2.75) is 6.92 Å². The molecule has 5 heteroatoms. The van der Waals surface area contributed by atoms with Gasteiger partial charge in [-0.15, -0.1) is 0 Å². The minimum atomic E-state index is -0.185. The van der Waals surface area contributed by atoms with Crippen molar-refractivity contribution >= 4 is 35.0 Å². The van der Waals surface area contributed by atoms with Crippen LogP contribution in [0.2, 0.25) is 5.02 Å². The van der Waals surface area contributed by atoms with E-state index in [4.69, 9.17) is 16.3 Å². The summed E-state index contributed by atoms with van der Waals surface area (Å²) in [5.74, 6) is 0.525. The normalized spacial score (nSPS) is 16.0. The van der Waals surface area contributed by atoms with Crippen LogP contribution in [0, 0.1) is 0 Å². The summed E-state index contributed by atoms with van der Waals surface area (Å²) < 4.78 is 5.33. The number of hydrazone groups is 1. The second-order valence-corrected chi connectivity index (χ2v) is 5.52. The topological polar surface area (TPSA) is 41.9 Å². The molecule has 1 aliphatic rings. The molecule has 4 nitrogen and oxygen atoms in total. The molecule has 23 heavy (non-hydrogen) atoms. The van der Waals surface area contributed by atoms with E-state index in [0.717, 1.165) is 5.56 Å². The highest BCUT2D eigenvalue weighted by Crippen LogP contribution is 2.28. The first-order valence-electron chi connectivity index (χ1n) is 7.10. The van der Waals surface area contributed by atoms with Gasteiger partial charge in [0.25, 0.3) is 5.91 Å². The van der Waals surface area contributed by atoms with Crippen LogP contribution in [0.3, 0.4) is 0 Å². The molecule has 0 aliphatic carbocycles. The van der Waals surface area contributed by atoms with Crippen molar-refractivity contribution in [3.63, 3.8) is 0 Å². The van der Waals surface area contributed by atoms with Crippen LogP contribution in [0.1, 0.15) is 12.5 Å². The van der Waals surface area contributed by atoms with Crippen molar-refractivity contribution in [2.24, 2.45) is 5.10 Å². The Bertz CT molecular complexity index is 827. The van der Waals surface area contributed by atoms with Crippen molar-refractivity contribution in [2.75, 3.05) is 12.1 Å². The number of carbonyl (C=O) groups is 1. The summed E-state index contributed by atoms with van der Waals surface area (Å²) in [6.45, 7) is 1.81. The molecule has 0 saturated carbocycles. The Morgan fingerprint density at radius 2 is 1.96 bits per heavy atom. The number of anilines is 1. The molecule has 1 heterocycles. The standard InChI is InChI=1S/C18H15ClN2O2/c1-12-16(10-13-6-3-4-9-17(13)23-2)18(22)21(20-12)15-8-5-7-14(19)11-15/h3-11H,1-2H3. The Hall–Kier alpha value is -2.59. The van der Waals surface area contributed by atoms with Gasteiger partial charge < -0.3 is 4.74 Å². The Morgan fingerprint density at radius 3 is 2.70 bits per heavy atom. The fourth-order valence-corrected chi connectivity index (χ4v) is 2.59. The highest BCUT2D eigenvalue weighted by molar-refractivity contribution is 6.33. The third-order valence-electron chi connectivity index (χ3n) is 3.55. The van der Waals surface area contributed by atoms with E-state index in [2.05, 4.69) is 5.10 Å². The second-order valence-electron chi connectivity index (χ2n) is 5.08. The molecule has 1 aliphatic heterocycles. The maximum absolute atomic E-state index is 12.7. The van der Waals surface area contributed by atoms with E-state index < -0.39 is 0 Å². The number of methoxy groups -OCH3 is 1. The van der Waals surface area contributed by atoms with E-state index in [0.29, 0.717) is 27.7 Å². The van der Waals surface area contributed by atoms with Gasteiger partial charge in [-0.1, -0.05) is 35.9 Å². The second kappa shape index (κ2) is 6.26. The molecule has 0 saturated heterocycles. The first-order valence-corrected chi connectivity index (χ1v) is 7.48. The quantitative estimate of drug-likeness (QED) is 0.795. The van der Waals surface area contributed by atoms with Crippen LogP contribution in [-0.2, 0) is 4.79 Å². The average Bonchev–Trinajstić information content (AvgIpc) is 2.83. The van der Waals surface area contributed by atoms with Gasteiger partial charge in [-0.2, -0.15) is 10.1 Å². The number of carbonyl (C=O) groups excluding carboxylic acids is 1. The molecule has 0 bridgehead atoms. The van der Waals surface area contributed by atoms with Gasteiger partial charge in [-0.05, 0) is 37.3 Å². The SMILES string of the molecule is COc1ccccc1C=C1C(=O)N(c2cccc(Cl)c2)N=C1C. The molecule has 0 spiro atoms. The summed E-state index contributed by atoms with van der Waals surface area (Å²) in [6, 6.07) is 14.6. The highest BCUT2D eigenvalue weighted by Gasteiger charge is 2.29. The number of benzene rings is 2. The molecule has 2 aromatic carbocycles. The van der Waals surface area contributed by atoms with E-state index in [9.17, 15) is 4.79 Å². The van der Waals surface area contributed by atoms with Gasteiger partial charge in [0.05, 0.1) is 24.1 Å². The highest BCUT2D eigenvalue weighted by atomic mass is 35.5. The lowest BCUT2D eigenvalue weighted by atomic mass is 10.1. The molecule has 3 rings (SSSR count). The Morgan fingerprint density at radius 1 is 1.17 bits per heavy atom. The summed E-state index contributed by atoms with van der Waals surface area (Å²) in [5.41, 5.74) is 2.67. The largest absolute Gasteiger partial charge is 0.496 e. The maximum Gasteiger partial charge on any atom is 0.280 e. The van der Waals surface area contributed by atoms with E-state index in [1.54, 1.807) is 37.5 Å². The van der Waals surface area contributed by atoms with Crippen LogP contribution >= 0.6 is 11.6 Å². The van der Waals surface area contributed by atoms with Crippen molar-refractivity contribution in [3.8, 4) is 5.75 Å². The van der Waals surface area contributed by atoms with Crippen LogP contribution < -0.4 is 9.75 Å². The van der Waals surface area contributed by atoms with E-state index in [1.165, 1.54) is 5.01 Å². The Balaban J connectivity index is 1.99. The van der Waals surface area contributed by atoms with Gasteiger partial charge in [0.15, 0.2) is 0 Å². The van der Waals surface area contributed by atoms with Gasteiger partial charge in [-0.25, -0.2) is 0 Å². The van der Waals surface area contributed by atoms with Crippen LogP contribution in [-0.4, -0.2) is 18.7 Å². The zero-order valence-electron chi connectivity index (χ0n) is 12.8. The van der Waals surface area contributed by atoms with Gasteiger partial charge in [0.2, 0.25) is 0 Å². The van der Waals surface area contributed by atoms with Crippen LogP contribution in [0.25, 0.3) is 6.08 Å². The summed E-state index contributed by atoms with van der Waals surface area (Å²) in [7, 11) is 1.60. The van der Waals surface area contributed by atoms with Crippen molar-refractivity contribution in [1.82, 2.24) is 0 Å². The number of rotatable bonds is 3. The molecule has 2 aromatic rings. The zero-order valence-corrected chi connectivity index (χ0v) is 13.5. The van der Waals surface area contributed by atoms with Crippen LogP contribution in [0.5, 0.6) is 5.75 Å². The van der Waals surface area contributed by atoms with Crippen LogP contribution in [0.15, 0.2) is 59.2 Å². The molecule has 0 N–H and O–H groups in total. The molecule has 0 unspecified atom stereocenters. The number of amides is 1. The molecular weight excluding hydrogens is 312 g/mol. The first-order chi connectivity index (χ1) is 11.1. The smallest absolute Gasteiger partial charge is 0.280 e. The molecule has 0 radical (unpaired) electrons. The van der Waals surface area contributed by atoms with Gasteiger partial charge in [-0.3, -0.25) is 4.79 Å². The number of halogens is 1. The predicted octanol–water partition coefficient (Wildman–Crippen LogP) is 4.15. The lowest BCUT2D eigenvalue weighted by molar-refractivity contribution is -0.114. The first kappa shape index (κ1) is 15.3. The summed E-state index contributed by atoms with van der Waals surface area (Å²) in [4.78, 5) is 12.7. The Labute approximate surface area is 139 Å². The number of hydrogen-bond acceptors (Lipinski definition) is 3. The van der Waals surface area contributed by atoms with E-state index in [-0.39, 0.29) is 5.91 Å². The predicted molar refractivity (Wildman–Crippen MR) is 93.0 cm³/mol.